The van der Waals surface area contributed by atoms with Crippen LogP contribution in [-0.2, 0) is 14.3 Å². The van der Waals surface area contributed by atoms with E-state index < -0.39 is 0 Å². The average Bonchev–Trinajstić information content (AvgIpc) is 2.89. The number of thioether (sulfide) groups is 1. The van der Waals surface area contributed by atoms with Crippen LogP contribution in [0.2, 0.25) is 0 Å². The van der Waals surface area contributed by atoms with E-state index in [0.717, 1.165) is 19.4 Å². The Morgan fingerprint density at radius 1 is 1.15 bits per heavy atom. The normalized spacial score (nSPS) is 51.1. The number of hydrogen-bond acceptors (Lipinski definition) is 4. The maximum atomic E-state index is 12.1. The molecule has 4 aliphatic carbocycles. The van der Waals surface area contributed by atoms with Gasteiger partial charge >= 0.3 is 0 Å². The van der Waals surface area contributed by atoms with Crippen molar-refractivity contribution in [2.24, 2.45) is 28.6 Å². The van der Waals surface area contributed by atoms with E-state index in [-0.39, 0.29) is 27.3 Å². The number of hydrogen-bond donors (Lipinski definition) is 0. The quantitative estimate of drug-likeness (QED) is 0.638. The van der Waals surface area contributed by atoms with Crippen LogP contribution < -0.4 is 0 Å². The van der Waals surface area contributed by atoms with Crippen LogP contribution in [-0.4, -0.2) is 28.4 Å². The van der Waals surface area contributed by atoms with E-state index in [1.807, 2.05) is 6.08 Å². The molecule has 0 aromatic carbocycles. The van der Waals surface area contributed by atoms with Crippen LogP contribution in [0.15, 0.2) is 11.6 Å². The molecule has 27 heavy (non-hydrogen) atoms. The highest BCUT2D eigenvalue weighted by atomic mass is 32.2. The van der Waals surface area contributed by atoms with Crippen molar-refractivity contribution in [2.45, 2.75) is 83.0 Å². The van der Waals surface area contributed by atoms with Crippen molar-refractivity contribution in [2.75, 3.05) is 6.61 Å². The fraction of sp³-hybridized carbons (Fsp3) is 0.826. The molecule has 0 N–H and O–H groups in total. The zero-order chi connectivity index (χ0) is 19.0. The Morgan fingerprint density at radius 2 is 1.89 bits per heavy atom. The lowest BCUT2D eigenvalue weighted by atomic mass is 9.46. The van der Waals surface area contributed by atoms with Gasteiger partial charge in [-0.15, -0.1) is 0 Å². The van der Waals surface area contributed by atoms with Crippen molar-refractivity contribution < 1.29 is 14.3 Å². The van der Waals surface area contributed by atoms with Crippen molar-refractivity contribution in [3.8, 4) is 0 Å². The lowest BCUT2D eigenvalue weighted by Crippen LogP contribution is -2.61. The van der Waals surface area contributed by atoms with E-state index in [9.17, 15) is 9.59 Å². The van der Waals surface area contributed by atoms with Gasteiger partial charge in [0.05, 0.1) is 12.2 Å². The molecule has 4 heteroatoms. The SMILES string of the molecule is CC(=O)S[C@@H]1CC2=CC(=O)CC[C@]2(C)[C@@H]2CC[C@@]3(C)[C@H](CC[C@@]34CCO4)[C@@H]21. The summed E-state index contributed by atoms with van der Waals surface area (Å²) in [6, 6.07) is 0. The summed E-state index contributed by atoms with van der Waals surface area (Å²) < 4.78 is 6.26. The second-order valence-electron chi connectivity index (χ2n) is 10.3. The Hall–Kier alpha value is -0.610. The van der Waals surface area contributed by atoms with Gasteiger partial charge in [0.2, 0.25) is 0 Å². The van der Waals surface area contributed by atoms with Crippen molar-refractivity contribution >= 4 is 22.7 Å². The molecule has 5 rings (SSSR count). The van der Waals surface area contributed by atoms with E-state index in [4.69, 9.17) is 4.74 Å². The minimum Gasteiger partial charge on any atom is -0.374 e. The summed E-state index contributed by atoms with van der Waals surface area (Å²) in [7, 11) is 0. The molecule has 0 bridgehead atoms. The van der Waals surface area contributed by atoms with Gasteiger partial charge in [0.25, 0.3) is 0 Å². The molecular formula is C23H32O3S. The van der Waals surface area contributed by atoms with Crippen molar-refractivity contribution in [1.29, 1.82) is 0 Å². The van der Waals surface area contributed by atoms with Crippen LogP contribution in [0.4, 0.5) is 0 Å². The topological polar surface area (TPSA) is 43.4 Å². The molecule has 0 aromatic rings. The molecular weight excluding hydrogens is 356 g/mol. The van der Waals surface area contributed by atoms with Crippen LogP contribution in [0.5, 0.6) is 0 Å². The van der Waals surface area contributed by atoms with Gasteiger partial charge in [0, 0.05) is 25.0 Å². The maximum absolute atomic E-state index is 12.1. The summed E-state index contributed by atoms with van der Waals surface area (Å²) in [5.41, 5.74) is 1.89. The number of carbonyl (C=O) groups is 2. The van der Waals surface area contributed by atoms with Gasteiger partial charge in [-0.05, 0) is 73.2 Å². The first-order valence-electron chi connectivity index (χ1n) is 10.8. The standard InChI is InChI=1S/C23H32O3S/c1-14(24)27-19-13-15-12-16(25)4-7-21(15,2)17-5-8-22(3)18(20(17)19)6-9-23(22)10-11-26-23/h12,17-20H,4-11,13H2,1-3H3/t17-,18-,19-,20-,21+,22+,23-/m1/s1. The molecule has 1 spiro atoms. The Labute approximate surface area is 167 Å². The fourth-order valence-electron chi connectivity index (χ4n) is 7.92. The summed E-state index contributed by atoms with van der Waals surface area (Å²) in [4.78, 5) is 24.3. The highest BCUT2D eigenvalue weighted by Crippen LogP contribution is 2.71. The zero-order valence-electron chi connectivity index (χ0n) is 16.9. The Morgan fingerprint density at radius 3 is 2.56 bits per heavy atom. The van der Waals surface area contributed by atoms with Crippen LogP contribution in [0.3, 0.4) is 0 Å². The minimum absolute atomic E-state index is 0.119. The van der Waals surface area contributed by atoms with Crippen LogP contribution in [0.1, 0.15) is 72.1 Å². The molecule has 1 saturated heterocycles. The van der Waals surface area contributed by atoms with E-state index in [2.05, 4.69) is 13.8 Å². The van der Waals surface area contributed by atoms with E-state index >= 15 is 0 Å². The molecule has 0 unspecified atom stereocenters. The van der Waals surface area contributed by atoms with E-state index in [1.165, 1.54) is 37.7 Å². The summed E-state index contributed by atoms with van der Waals surface area (Å²) >= 11 is 1.56. The van der Waals surface area contributed by atoms with Gasteiger partial charge in [0.15, 0.2) is 10.9 Å². The molecule has 148 valence electrons. The molecule has 1 heterocycles. The molecule has 5 aliphatic rings. The summed E-state index contributed by atoms with van der Waals surface area (Å²) in [5, 5.41) is 0.558. The Kier molecular flexibility index (Phi) is 4.06. The summed E-state index contributed by atoms with van der Waals surface area (Å²) in [5.74, 6) is 2.13. The number of allylic oxidation sites excluding steroid dienone is 1. The van der Waals surface area contributed by atoms with Crippen molar-refractivity contribution in [3.63, 3.8) is 0 Å². The second kappa shape index (κ2) is 5.95. The fourth-order valence-corrected chi connectivity index (χ4v) is 9.15. The van der Waals surface area contributed by atoms with Gasteiger partial charge in [0.1, 0.15) is 0 Å². The molecule has 0 aromatic heterocycles. The molecule has 0 radical (unpaired) electrons. The number of fused-ring (bicyclic) bond motifs is 6. The largest absolute Gasteiger partial charge is 0.374 e. The highest BCUT2D eigenvalue weighted by Gasteiger charge is 2.68. The number of ketones is 1. The predicted octanol–water partition coefficient (Wildman–Crippen LogP) is 4.94. The lowest BCUT2D eigenvalue weighted by Gasteiger charge is -2.62. The second-order valence-corrected chi connectivity index (χ2v) is 11.7. The summed E-state index contributed by atoms with van der Waals surface area (Å²) in [6.07, 6.45) is 10.7. The maximum Gasteiger partial charge on any atom is 0.186 e. The Balaban J connectivity index is 1.56. The molecule has 3 saturated carbocycles. The van der Waals surface area contributed by atoms with Gasteiger partial charge in [-0.3, -0.25) is 9.59 Å². The first kappa shape index (κ1) is 18.4. The zero-order valence-corrected chi connectivity index (χ0v) is 17.7. The predicted molar refractivity (Wildman–Crippen MR) is 107 cm³/mol. The Bertz CT molecular complexity index is 723. The van der Waals surface area contributed by atoms with E-state index in [0.29, 0.717) is 29.4 Å². The molecule has 7 atom stereocenters. The van der Waals surface area contributed by atoms with Gasteiger partial charge in [-0.2, -0.15) is 0 Å². The number of ether oxygens (including phenoxy) is 1. The van der Waals surface area contributed by atoms with Crippen LogP contribution in [0.25, 0.3) is 0 Å². The van der Waals surface area contributed by atoms with Crippen LogP contribution >= 0.6 is 11.8 Å². The minimum atomic E-state index is 0.119. The highest BCUT2D eigenvalue weighted by molar-refractivity contribution is 8.14. The third kappa shape index (κ3) is 2.38. The molecule has 1 aliphatic heterocycles. The lowest BCUT2D eigenvalue weighted by molar-refractivity contribution is -0.226. The number of carbonyl (C=O) groups excluding carboxylic acids is 2. The first-order chi connectivity index (χ1) is 12.8. The molecule has 4 fully saturated rings. The monoisotopic (exact) mass is 388 g/mol. The summed E-state index contributed by atoms with van der Waals surface area (Å²) in [6.45, 7) is 7.55. The first-order valence-corrected chi connectivity index (χ1v) is 11.7. The van der Waals surface area contributed by atoms with Gasteiger partial charge in [-0.25, -0.2) is 0 Å². The van der Waals surface area contributed by atoms with Crippen LogP contribution in [0, 0.1) is 28.6 Å². The molecule has 3 nitrogen and oxygen atoms in total. The van der Waals surface area contributed by atoms with Gasteiger partial charge < -0.3 is 4.74 Å². The van der Waals surface area contributed by atoms with Crippen molar-refractivity contribution in [1.82, 2.24) is 0 Å². The van der Waals surface area contributed by atoms with E-state index in [1.54, 1.807) is 18.7 Å². The molecule has 0 amide bonds. The third-order valence-corrected chi connectivity index (χ3v) is 10.6. The van der Waals surface area contributed by atoms with Crippen molar-refractivity contribution in [3.05, 3.63) is 11.6 Å². The third-order valence-electron chi connectivity index (χ3n) is 9.45. The average molecular weight is 389 g/mol. The smallest absolute Gasteiger partial charge is 0.186 e. The number of rotatable bonds is 1. The van der Waals surface area contributed by atoms with Gasteiger partial charge in [-0.1, -0.05) is 31.2 Å².